The highest BCUT2D eigenvalue weighted by Crippen LogP contribution is 2.31. The zero-order valence-corrected chi connectivity index (χ0v) is 12.3. The van der Waals surface area contributed by atoms with Crippen molar-refractivity contribution in [3.8, 4) is 5.69 Å². The molecule has 3 nitrogen and oxygen atoms in total. The zero-order chi connectivity index (χ0) is 14.6. The van der Waals surface area contributed by atoms with Gasteiger partial charge in [0.25, 0.3) is 5.91 Å². The van der Waals surface area contributed by atoms with Crippen molar-refractivity contribution in [3.63, 3.8) is 0 Å². The van der Waals surface area contributed by atoms with Gasteiger partial charge in [0.05, 0.1) is 11.2 Å². The van der Waals surface area contributed by atoms with Crippen LogP contribution in [0.4, 0.5) is 0 Å². The van der Waals surface area contributed by atoms with Gasteiger partial charge in [-0.05, 0) is 35.9 Å². The lowest BCUT2D eigenvalue weighted by atomic mass is 10.1. The summed E-state index contributed by atoms with van der Waals surface area (Å²) in [4.78, 5) is 14.4. The van der Waals surface area contributed by atoms with Gasteiger partial charge in [-0.3, -0.25) is 4.79 Å². The van der Waals surface area contributed by atoms with Gasteiger partial charge in [0.2, 0.25) is 0 Å². The molecule has 104 valence electrons. The van der Waals surface area contributed by atoms with Crippen LogP contribution in [0.15, 0.2) is 48.5 Å². The standard InChI is InChI=1S/C17H13ClN2O/c1-19-10-11-4-2-3-5-14(11)20-15-7-6-13(18)8-12(15)9-16(20)17(19)21/h2-9H,10H2,1H3. The Hall–Kier alpha value is -2.26. The van der Waals surface area contributed by atoms with Gasteiger partial charge in [0.15, 0.2) is 0 Å². The fraction of sp³-hybridized carbons (Fsp3) is 0.118. The van der Waals surface area contributed by atoms with E-state index in [0.29, 0.717) is 17.3 Å². The van der Waals surface area contributed by atoms with Crippen molar-refractivity contribution in [2.45, 2.75) is 6.54 Å². The third kappa shape index (κ3) is 1.78. The smallest absolute Gasteiger partial charge is 0.270 e. The topological polar surface area (TPSA) is 25.2 Å². The molecule has 0 aliphatic carbocycles. The molecule has 0 bridgehead atoms. The van der Waals surface area contributed by atoms with E-state index in [2.05, 4.69) is 12.1 Å². The van der Waals surface area contributed by atoms with Crippen molar-refractivity contribution in [1.29, 1.82) is 0 Å². The SMILES string of the molecule is CN1Cc2ccccc2-n2c(cc3cc(Cl)ccc32)C1=O. The number of para-hydroxylation sites is 1. The Morgan fingerprint density at radius 2 is 1.90 bits per heavy atom. The normalized spacial score (nSPS) is 14.0. The number of carbonyl (C=O) groups is 1. The minimum atomic E-state index is 0.0264. The van der Waals surface area contributed by atoms with Crippen LogP contribution in [0, 0.1) is 0 Å². The molecule has 4 heteroatoms. The van der Waals surface area contributed by atoms with Crippen molar-refractivity contribution in [2.75, 3.05) is 7.05 Å². The van der Waals surface area contributed by atoms with Crippen LogP contribution in [0.5, 0.6) is 0 Å². The monoisotopic (exact) mass is 296 g/mol. The first-order valence-electron chi connectivity index (χ1n) is 6.80. The first kappa shape index (κ1) is 12.5. The number of hydrogen-bond acceptors (Lipinski definition) is 1. The second kappa shape index (κ2) is 4.37. The second-order valence-electron chi connectivity index (χ2n) is 5.36. The van der Waals surface area contributed by atoms with Crippen molar-refractivity contribution in [1.82, 2.24) is 9.47 Å². The van der Waals surface area contributed by atoms with E-state index in [-0.39, 0.29) is 5.91 Å². The van der Waals surface area contributed by atoms with Crippen LogP contribution >= 0.6 is 11.6 Å². The van der Waals surface area contributed by atoms with E-state index < -0.39 is 0 Å². The quantitative estimate of drug-likeness (QED) is 0.618. The van der Waals surface area contributed by atoms with Gasteiger partial charge in [-0.25, -0.2) is 0 Å². The summed E-state index contributed by atoms with van der Waals surface area (Å²) in [5.41, 5.74) is 3.88. The van der Waals surface area contributed by atoms with Gasteiger partial charge < -0.3 is 9.47 Å². The summed E-state index contributed by atoms with van der Waals surface area (Å²) in [6, 6.07) is 15.8. The molecule has 0 saturated carbocycles. The van der Waals surface area contributed by atoms with E-state index in [9.17, 15) is 4.79 Å². The number of fused-ring (bicyclic) bond motifs is 5. The average Bonchev–Trinajstić information content (AvgIpc) is 2.80. The van der Waals surface area contributed by atoms with Crippen molar-refractivity contribution in [2.24, 2.45) is 0 Å². The minimum Gasteiger partial charge on any atom is -0.336 e. The molecular weight excluding hydrogens is 284 g/mol. The maximum absolute atomic E-state index is 12.6. The lowest BCUT2D eigenvalue weighted by Gasteiger charge is -2.13. The number of carbonyl (C=O) groups excluding carboxylic acids is 1. The molecule has 3 aromatic rings. The molecule has 0 N–H and O–H groups in total. The van der Waals surface area contributed by atoms with Crippen molar-refractivity contribution < 1.29 is 4.79 Å². The maximum Gasteiger partial charge on any atom is 0.270 e. The number of benzene rings is 2. The minimum absolute atomic E-state index is 0.0264. The highest BCUT2D eigenvalue weighted by Gasteiger charge is 2.25. The largest absolute Gasteiger partial charge is 0.336 e. The van der Waals surface area contributed by atoms with E-state index in [4.69, 9.17) is 11.6 Å². The number of hydrogen-bond donors (Lipinski definition) is 0. The summed E-state index contributed by atoms with van der Waals surface area (Å²) in [6.07, 6.45) is 0. The summed E-state index contributed by atoms with van der Waals surface area (Å²) in [5.74, 6) is 0.0264. The van der Waals surface area contributed by atoms with E-state index in [1.165, 1.54) is 0 Å². The molecule has 0 spiro atoms. The Morgan fingerprint density at radius 1 is 1.10 bits per heavy atom. The van der Waals surface area contributed by atoms with Gasteiger partial charge in [0.1, 0.15) is 5.69 Å². The fourth-order valence-corrected chi connectivity index (χ4v) is 3.17. The molecule has 2 aromatic carbocycles. The Morgan fingerprint density at radius 3 is 2.76 bits per heavy atom. The first-order chi connectivity index (χ1) is 10.1. The van der Waals surface area contributed by atoms with E-state index >= 15 is 0 Å². The molecule has 0 radical (unpaired) electrons. The lowest BCUT2D eigenvalue weighted by Crippen LogP contribution is -2.25. The summed E-state index contributed by atoms with van der Waals surface area (Å²) in [7, 11) is 1.83. The van der Waals surface area contributed by atoms with E-state index in [0.717, 1.165) is 22.2 Å². The van der Waals surface area contributed by atoms with Crippen LogP contribution < -0.4 is 0 Å². The van der Waals surface area contributed by atoms with Crippen LogP contribution in [0.3, 0.4) is 0 Å². The van der Waals surface area contributed by atoms with Gasteiger partial charge >= 0.3 is 0 Å². The maximum atomic E-state index is 12.6. The van der Waals surface area contributed by atoms with Crippen LogP contribution in [0.2, 0.25) is 5.02 Å². The highest BCUT2D eigenvalue weighted by molar-refractivity contribution is 6.31. The molecule has 1 aliphatic rings. The number of rotatable bonds is 0. The zero-order valence-electron chi connectivity index (χ0n) is 11.5. The van der Waals surface area contributed by atoms with Gasteiger partial charge in [-0.2, -0.15) is 0 Å². The predicted molar refractivity (Wildman–Crippen MR) is 84.1 cm³/mol. The Balaban J connectivity index is 2.14. The number of amides is 1. The average molecular weight is 297 g/mol. The third-order valence-corrected chi connectivity index (χ3v) is 4.20. The van der Waals surface area contributed by atoms with Crippen LogP contribution in [0.25, 0.3) is 16.6 Å². The number of halogens is 1. The molecule has 21 heavy (non-hydrogen) atoms. The third-order valence-electron chi connectivity index (χ3n) is 3.97. The fourth-order valence-electron chi connectivity index (χ4n) is 2.99. The van der Waals surface area contributed by atoms with Gasteiger partial charge in [-0.1, -0.05) is 29.8 Å². The molecule has 0 saturated heterocycles. The molecule has 0 fully saturated rings. The highest BCUT2D eigenvalue weighted by atomic mass is 35.5. The molecule has 1 aromatic heterocycles. The van der Waals surface area contributed by atoms with Crippen molar-refractivity contribution >= 4 is 28.4 Å². The number of nitrogens with zero attached hydrogens (tertiary/aromatic N) is 2. The molecule has 0 unspecified atom stereocenters. The van der Waals surface area contributed by atoms with Crippen LogP contribution in [0.1, 0.15) is 16.1 Å². The Kier molecular flexibility index (Phi) is 2.59. The summed E-state index contributed by atoms with van der Waals surface area (Å²) < 4.78 is 2.03. The van der Waals surface area contributed by atoms with Gasteiger partial charge in [-0.15, -0.1) is 0 Å². The summed E-state index contributed by atoms with van der Waals surface area (Å²) >= 11 is 6.08. The molecule has 4 rings (SSSR count). The van der Waals surface area contributed by atoms with E-state index in [1.54, 1.807) is 4.90 Å². The second-order valence-corrected chi connectivity index (χ2v) is 5.79. The molecule has 2 heterocycles. The Labute approximate surface area is 127 Å². The van der Waals surface area contributed by atoms with Crippen LogP contribution in [-0.2, 0) is 6.54 Å². The molecule has 0 atom stereocenters. The number of aromatic nitrogens is 1. The first-order valence-corrected chi connectivity index (χ1v) is 7.18. The van der Waals surface area contributed by atoms with Gasteiger partial charge in [0, 0.05) is 24.0 Å². The van der Waals surface area contributed by atoms with Crippen LogP contribution in [-0.4, -0.2) is 22.4 Å². The molecular formula is C17H13ClN2O. The molecule has 1 aliphatic heterocycles. The lowest BCUT2D eigenvalue weighted by molar-refractivity contribution is 0.0782. The van der Waals surface area contributed by atoms with E-state index in [1.807, 2.05) is 48.0 Å². The Bertz CT molecular complexity index is 882. The predicted octanol–water partition coefficient (Wildman–Crippen LogP) is 3.87. The summed E-state index contributed by atoms with van der Waals surface area (Å²) in [5, 5.41) is 1.66. The van der Waals surface area contributed by atoms with Crippen molar-refractivity contribution in [3.05, 3.63) is 64.8 Å². The molecule has 1 amide bonds. The summed E-state index contributed by atoms with van der Waals surface area (Å²) in [6.45, 7) is 0.617.